The van der Waals surface area contributed by atoms with E-state index in [1.165, 1.54) is 5.56 Å². The number of hydrogen-bond donors (Lipinski definition) is 0. The molecule has 0 aromatic heterocycles. The minimum absolute atomic E-state index is 0.107. The van der Waals surface area contributed by atoms with Crippen LogP contribution in [-0.2, 0) is 4.74 Å². The van der Waals surface area contributed by atoms with E-state index in [1.54, 1.807) is 0 Å². The Labute approximate surface area is 128 Å². The molecule has 2 heteroatoms. The van der Waals surface area contributed by atoms with Gasteiger partial charge in [-0.25, -0.2) is 0 Å². The molecule has 2 aromatic carbocycles. The van der Waals surface area contributed by atoms with Gasteiger partial charge in [0.05, 0.1) is 6.10 Å². The van der Waals surface area contributed by atoms with Crippen LogP contribution in [0.4, 0.5) is 0 Å². The quantitative estimate of drug-likeness (QED) is 0.673. The Kier molecular flexibility index (Phi) is 7.55. The van der Waals surface area contributed by atoms with Gasteiger partial charge in [-0.1, -0.05) is 61.9 Å². The molecule has 2 aromatic rings. The first-order chi connectivity index (χ1) is 10.1. The van der Waals surface area contributed by atoms with Crippen molar-refractivity contribution in [2.45, 2.75) is 47.0 Å². The van der Waals surface area contributed by atoms with E-state index in [0.717, 1.165) is 11.3 Å². The van der Waals surface area contributed by atoms with Crippen LogP contribution in [0.1, 0.15) is 45.1 Å². The molecule has 0 saturated carbocycles. The van der Waals surface area contributed by atoms with E-state index in [0.29, 0.717) is 0 Å². The highest BCUT2D eigenvalue weighted by Gasteiger charge is 2.15. The fourth-order valence-corrected chi connectivity index (χ4v) is 1.77. The zero-order chi connectivity index (χ0) is 15.7. The van der Waals surface area contributed by atoms with Crippen molar-refractivity contribution in [2.75, 3.05) is 0 Å². The molecular weight excluding hydrogens is 260 g/mol. The summed E-state index contributed by atoms with van der Waals surface area (Å²) in [6.07, 6.45) is -0.264. The van der Waals surface area contributed by atoms with Gasteiger partial charge in [0.25, 0.3) is 0 Å². The van der Waals surface area contributed by atoms with E-state index in [2.05, 4.69) is 6.92 Å². The second-order valence-corrected chi connectivity index (χ2v) is 4.86. The maximum atomic E-state index is 5.94. The lowest BCUT2D eigenvalue weighted by Crippen LogP contribution is -2.16. The number of rotatable bonds is 5. The lowest BCUT2D eigenvalue weighted by Gasteiger charge is -2.22. The zero-order valence-corrected chi connectivity index (χ0v) is 13.7. The van der Waals surface area contributed by atoms with Gasteiger partial charge in [-0.15, -0.1) is 0 Å². The average Bonchev–Trinajstić information content (AvgIpc) is 2.51. The smallest absolute Gasteiger partial charge is 0.226 e. The standard InChI is InChI=1S/C17H20O2.C2H6/c1-13(2)18-17(15-7-5-4-6-8-15)19-16-11-9-14(3)10-12-16;1-2/h4-13,17H,1-3H3;1-2H3. The Hall–Kier alpha value is -1.80. The molecule has 0 aliphatic rings. The van der Waals surface area contributed by atoms with Gasteiger partial charge in [0.15, 0.2) is 0 Å². The molecule has 0 aliphatic carbocycles. The fourth-order valence-electron chi connectivity index (χ4n) is 1.77. The van der Waals surface area contributed by atoms with Crippen molar-refractivity contribution in [3.05, 3.63) is 65.7 Å². The monoisotopic (exact) mass is 286 g/mol. The molecule has 0 spiro atoms. The molecule has 0 aliphatic heterocycles. The summed E-state index contributed by atoms with van der Waals surface area (Å²) in [5.41, 5.74) is 2.24. The molecule has 0 amide bonds. The van der Waals surface area contributed by atoms with Crippen LogP contribution >= 0.6 is 0 Å². The number of aryl methyl sites for hydroxylation is 1. The fraction of sp³-hybridized carbons (Fsp3) is 0.368. The Balaban J connectivity index is 0.00000106. The Morgan fingerprint density at radius 1 is 0.810 bits per heavy atom. The van der Waals surface area contributed by atoms with E-state index in [1.807, 2.05) is 82.3 Å². The van der Waals surface area contributed by atoms with Crippen LogP contribution in [0, 0.1) is 6.92 Å². The molecular formula is C19H26O2. The molecule has 114 valence electrons. The predicted octanol–water partition coefficient (Wildman–Crippen LogP) is 5.52. The molecule has 0 radical (unpaired) electrons. The first-order valence-electron chi connectivity index (χ1n) is 7.59. The summed E-state index contributed by atoms with van der Waals surface area (Å²) in [5, 5.41) is 0. The van der Waals surface area contributed by atoms with Gasteiger partial charge in [0, 0.05) is 5.56 Å². The molecule has 1 atom stereocenters. The van der Waals surface area contributed by atoms with Gasteiger partial charge < -0.3 is 9.47 Å². The zero-order valence-electron chi connectivity index (χ0n) is 13.7. The second-order valence-electron chi connectivity index (χ2n) is 4.86. The highest BCUT2D eigenvalue weighted by molar-refractivity contribution is 5.27. The molecule has 21 heavy (non-hydrogen) atoms. The van der Waals surface area contributed by atoms with Gasteiger partial charge in [-0.05, 0) is 32.9 Å². The minimum atomic E-state index is -0.371. The molecule has 1 unspecified atom stereocenters. The highest BCUT2D eigenvalue weighted by atomic mass is 16.7. The largest absolute Gasteiger partial charge is 0.461 e. The van der Waals surface area contributed by atoms with Gasteiger partial charge in [0.1, 0.15) is 5.75 Å². The number of hydrogen-bond acceptors (Lipinski definition) is 2. The van der Waals surface area contributed by atoms with Crippen molar-refractivity contribution in [3.8, 4) is 5.75 Å². The van der Waals surface area contributed by atoms with Crippen molar-refractivity contribution >= 4 is 0 Å². The van der Waals surface area contributed by atoms with E-state index in [4.69, 9.17) is 9.47 Å². The van der Waals surface area contributed by atoms with Gasteiger partial charge >= 0.3 is 0 Å². The SMILES string of the molecule is CC.Cc1ccc(OC(OC(C)C)c2ccccc2)cc1. The molecule has 0 fully saturated rings. The normalized spacial score (nSPS) is 11.5. The highest BCUT2D eigenvalue weighted by Crippen LogP contribution is 2.24. The summed E-state index contributed by atoms with van der Waals surface area (Å²) >= 11 is 0. The maximum absolute atomic E-state index is 5.94. The van der Waals surface area contributed by atoms with Gasteiger partial charge in [0.2, 0.25) is 6.29 Å². The third-order valence-electron chi connectivity index (χ3n) is 2.73. The summed E-state index contributed by atoms with van der Waals surface area (Å²) in [5.74, 6) is 0.820. The number of ether oxygens (including phenoxy) is 2. The van der Waals surface area contributed by atoms with Crippen LogP contribution in [0.15, 0.2) is 54.6 Å². The van der Waals surface area contributed by atoms with Crippen LogP contribution in [0.2, 0.25) is 0 Å². The molecule has 0 bridgehead atoms. The van der Waals surface area contributed by atoms with Gasteiger partial charge in [-0.2, -0.15) is 0 Å². The van der Waals surface area contributed by atoms with Crippen molar-refractivity contribution < 1.29 is 9.47 Å². The predicted molar refractivity (Wildman–Crippen MR) is 88.6 cm³/mol. The summed E-state index contributed by atoms with van der Waals surface area (Å²) in [6.45, 7) is 10.1. The number of benzene rings is 2. The molecule has 2 nitrogen and oxygen atoms in total. The first kappa shape index (κ1) is 17.3. The first-order valence-corrected chi connectivity index (χ1v) is 7.59. The molecule has 0 heterocycles. The van der Waals surface area contributed by atoms with E-state index in [-0.39, 0.29) is 12.4 Å². The second kappa shape index (κ2) is 9.19. The minimum Gasteiger partial charge on any atom is -0.461 e. The van der Waals surface area contributed by atoms with Crippen LogP contribution in [0.3, 0.4) is 0 Å². The third kappa shape index (κ3) is 6.01. The summed E-state index contributed by atoms with van der Waals surface area (Å²) in [6, 6.07) is 18.0. The summed E-state index contributed by atoms with van der Waals surface area (Å²) < 4.78 is 11.8. The van der Waals surface area contributed by atoms with Crippen LogP contribution in [0.5, 0.6) is 5.75 Å². The van der Waals surface area contributed by atoms with Crippen LogP contribution in [0.25, 0.3) is 0 Å². The Morgan fingerprint density at radius 3 is 1.90 bits per heavy atom. The average molecular weight is 286 g/mol. The molecule has 0 saturated heterocycles. The molecule has 0 N–H and O–H groups in total. The third-order valence-corrected chi connectivity index (χ3v) is 2.73. The van der Waals surface area contributed by atoms with Crippen molar-refractivity contribution in [2.24, 2.45) is 0 Å². The maximum Gasteiger partial charge on any atom is 0.226 e. The Bertz CT molecular complexity index is 489. The van der Waals surface area contributed by atoms with Crippen LogP contribution < -0.4 is 4.74 Å². The summed E-state index contributed by atoms with van der Waals surface area (Å²) in [4.78, 5) is 0. The lowest BCUT2D eigenvalue weighted by molar-refractivity contribution is -0.111. The molecule has 2 rings (SSSR count). The van der Waals surface area contributed by atoms with Crippen molar-refractivity contribution in [1.29, 1.82) is 0 Å². The van der Waals surface area contributed by atoms with E-state index >= 15 is 0 Å². The van der Waals surface area contributed by atoms with Crippen molar-refractivity contribution in [1.82, 2.24) is 0 Å². The van der Waals surface area contributed by atoms with Gasteiger partial charge in [-0.3, -0.25) is 0 Å². The topological polar surface area (TPSA) is 18.5 Å². The van der Waals surface area contributed by atoms with Crippen molar-refractivity contribution in [3.63, 3.8) is 0 Å². The van der Waals surface area contributed by atoms with E-state index in [9.17, 15) is 0 Å². The summed E-state index contributed by atoms with van der Waals surface area (Å²) in [7, 11) is 0. The van der Waals surface area contributed by atoms with E-state index < -0.39 is 0 Å². The Morgan fingerprint density at radius 2 is 1.38 bits per heavy atom. The lowest BCUT2D eigenvalue weighted by atomic mass is 10.2. The van der Waals surface area contributed by atoms with Crippen LogP contribution in [-0.4, -0.2) is 6.10 Å².